The Kier molecular flexibility index (Phi) is 11.3. The molecule has 0 aromatic rings. The summed E-state index contributed by atoms with van der Waals surface area (Å²) in [6, 6.07) is 0. The van der Waals surface area contributed by atoms with Crippen molar-refractivity contribution in [3.63, 3.8) is 0 Å². The minimum absolute atomic E-state index is 0.782. The van der Waals surface area contributed by atoms with Crippen molar-refractivity contribution >= 4 is 27.9 Å². The van der Waals surface area contributed by atoms with Gasteiger partial charge in [0.2, 0.25) is 0 Å². The Morgan fingerprint density at radius 1 is 0.737 bits per heavy atom. The van der Waals surface area contributed by atoms with Crippen molar-refractivity contribution in [2.24, 2.45) is 5.92 Å². The van der Waals surface area contributed by atoms with Gasteiger partial charge in [0, 0.05) is 5.92 Å². The van der Waals surface area contributed by atoms with Crippen molar-refractivity contribution in [1.29, 1.82) is 0 Å². The predicted molar refractivity (Wildman–Crippen MR) is 86.6 cm³/mol. The van der Waals surface area contributed by atoms with Crippen LogP contribution in [-0.2, 0) is 14.7 Å². The van der Waals surface area contributed by atoms with Crippen LogP contribution >= 0.6 is 27.9 Å². The molecule has 1 rings (SSSR count). The second-order valence-electron chi connectivity index (χ2n) is 4.60. The molecule has 111 valence electrons. The summed E-state index contributed by atoms with van der Waals surface area (Å²) in [5.74, 6) is 0.782. The van der Waals surface area contributed by atoms with Crippen LogP contribution in [0.4, 0.5) is 0 Å². The van der Waals surface area contributed by atoms with Crippen LogP contribution in [0.1, 0.15) is 66.7 Å². The van der Waals surface area contributed by atoms with E-state index in [1.807, 2.05) is 0 Å². The summed E-state index contributed by atoms with van der Waals surface area (Å²) in [6.07, 6.45) is 6.24. The van der Waals surface area contributed by atoms with Gasteiger partial charge in [0.1, 0.15) is 0 Å². The number of hydrogen-bond acceptors (Lipinski definition) is 0. The van der Waals surface area contributed by atoms with Crippen molar-refractivity contribution in [3.05, 3.63) is 22.3 Å². The Bertz CT molecular complexity index is 302. The number of hydrogen-bond donors (Lipinski definition) is 0. The molecule has 0 heterocycles. The Hall–Kier alpha value is 1.06. The van der Waals surface area contributed by atoms with Gasteiger partial charge < -0.3 is 0 Å². The van der Waals surface area contributed by atoms with Gasteiger partial charge in [-0.25, -0.2) is 0 Å². The molecule has 0 saturated heterocycles. The molecule has 0 atom stereocenters. The van der Waals surface area contributed by atoms with Gasteiger partial charge in [-0.05, 0) is 43.3 Å². The summed E-state index contributed by atoms with van der Waals surface area (Å²) in [5, 5.41) is 0. The van der Waals surface area contributed by atoms with Crippen LogP contribution in [0, 0.1) is 5.92 Å². The van der Waals surface area contributed by atoms with E-state index in [-0.39, 0.29) is 0 Å². The summed E-state index contributed by atoms with van der Waals surface area (Å²) in [6.45, 7) is 11.6. The van der Waals surface area contributed by atoms with Crippen molar-refractivity contribution in [2.45, 2.75) is 66.7 Å². The molecule has 0 aliphatic heterocycles. The van der Waals surface area contributed by atoms with E-state index >= 15 is 0 Å². The van der Waals surface area contributed by atoms with Gasteiger partial charge in [0.05, 0.1) is 0 Å². The van der Waals surface area contributed by atoms with E-state index in [9.17, 15) is 0 Å². The summed E-state index contributed by atoms with van der Waals surface area (Å²) in [7, 11) is 14.9. The predicted octanol–water partition coefficient (Wildman–Crippen LogP) is 7.33. The average Bonchev–Trinajstić information content (AvgIpc) is 2.69. The molecule has 19 heavy (non-hydrogen) atoms. The topological polar surface area (TPSA) is 0 Å². The monoisotopic (exact) mass is 359 g/mol. The average molecular weight is 361 g/mol. The fourth-order valence-electron chi connectivity index (χ4n) is 3.31. The third-order valence-electron chi connectivity index (χ3n) is 3.86. The third-order valence-corrected chi connectivity index (χ3v) is 3.86. The van der Waals surface area contributed by atoms with Crippen molar-refractivity contribution in [1.82, 2.24) is 0 Å². The normalized spacial score (nSPS) is 15.8. The van der Waals surface area contributed by atoms with Crippen LogP contribution in [0.2, 0.25) is 0 Å². The summed E-state index contributed by atoms with van der Waals surface area (Å²) >= 11 is -1.92. The van der Waals surface area contributed by atoms with E-state index in [1.54, 1.807) is 22.3 Å². The molecule has 0 unspecified atom stereocenters. The van der Waals surface area contributed by atoms with Crippen LogP contribution in [0.15, 0.2) is 22.3 Å². The SMILES string of the molecule is CCC1=C(CC)C(CC)C(CC)=C1CC.[Cl][Ti]([Cl])[Cl]. The molecule has 4 heteroatoms. The zero-order valence-corrected chi connectivity index (χ0v) is 16.6. The van der Waals surface area contributed by atoms with Gasteiger partial charge in [-0.3, -0.25) is 0 Å². The van der Waals surface area contributed by atoms with Gasteiger partial charge in [-0.15, -0.1) is 0 Å². The number of halogens is 3. The Morgan fingerprint density at radius 2 is 1.05 bits per heavy atom. The molecular formula is C15H26Cl3Ti. The Labute approximate surface area is 137 Å². The Balaban J connectivity index is 0.000000711. The van der Waals surface area contributed by atoms with Crippen LogP contribution in [0.5, 0.6) is 0 Å². The number of rotatable bonds is 5. The van der Waals surface area contributed by atoms with Crippen LogP contribution in [0.3, 0.4) is 0 Å². The zero-order valence-electron chi connectivity index (χ0n) is 12.7. The molecule has 0 aromatic heterocycles. The first-order valence-electron chi connectivity index (χ1n) is 7.25. The quantitative estimate of drug-likeness (QED) is 0.450. The molecule has 0 nitrogen and oxygen atoms in total. The molecular weight excluding hydrogens is 334 g/mol. The molecule has 0 bridgehead atoms. The first kappa shape index (κ1) is 20.1. The molecule has 0 amide bonds. The number of allylic oxidation sites excluding steroid dienone is 4. The van der Waals surface area contributed by atoms with Gasteiger partial charge in [0.25, 0.3) is 0 Å². The van der Waals surface area contributed by atoms with Crippen LogP contribution in [0.25, 0.3) is 0 Å². The third kappa shape index (κ3) is 5.75. The Morgan fingerprint density at radius 3 is 1.21 bits per heavy atom. The first-order chi connectivity index (χ1) is 8.98. The van der Waals surface area contributed by atoms with Gasteiger partial charge in [0.15, 0.2) is 0 Å². The molecule has 0 N–H and O–H groups in total. The maximum atomic E-state index is 4.97. The molecule has 0 aromatic carbocycles. The van der Waals surface area contributed by atoms with Gasteiger partial charge in [-0.2, -0.15) is 0 Å². The molecule has 0 radical (unpaired) electrons. The minimum atomic E-state index is -1.92. The van der Waals surface area contributed by atoms with Crippen molar-refractivity contribution in [2.75, 3.05) is 0 Å². The summed E-state index contributed by atoms with van der Waals surface area (Å²) in [5.41, 5.74) is 6.88. The van der Waals surface area contributed by atoms with Crippen molar-refractivity contribution < 1.29 is 14.7 Å². The van der Waals surface area contributed by atoms with E-state index in [2.05, 4.69) is 34.6 Å². The standard InChI is InChI=1S/C15H26.3ClH.Ti/c1-6-11-12(7-2)14(9-4)15(10-5)13(11)8-3;;;;/h11H,6-10H2,1-5H3;3*1H;/q;;;;+3/p-3. The van der Waals surface area contributed by atoms with Crippen LogP contribution in [-0.4, -0.2) is 0 Å². The van der Waals surface area contributed by atoms with Crippen molar-refractivity contribution in [3.8, 4) is 0 Å². The fraction of sp³-hybridized carbons (Fsp3) is 0.733. The maximum absolute atomic E-state index is 4.97. The molecule has 0 saturated carbocycles. The molecule has 0 fully saturated rings. The van der Waals surface area contributed by atoms with E-state index in [0.29, 0.717) is 0 Å². The second-order valence-corrected chi connectivity index (χ2v) is 12.3. The summed E-state index contributed by atoms with van der Waals surface area (Å²) in [4.78, 5) is 0. The second kappa shape index (κ2) is 10.7. The molecule has 1 aliphatic carbocycles. The molecule has 1 aliphatic rings. The van der Waals surface area contributed by atoms with Gasteiger partial charge >= 0.3 is 42.6 Å². The first-order valence-corrected chi connectivity index (χ1v) is 13.7. The summed E-state index contributed by atoms with van der Waals surface area (Å²) < 4.78 is 0. The van der Waals surface area contributed by atoms with E-state index < -0.39 is 14.7 Å². The van der Waals surface area contributed by atoms with E-state index in [4.69, 9.17) is 27.9 Å². The zero-order chi connectivity index (χ0) is 15.0. The van der Waals surface area contributed by atoms with E-state index in [1.165, 1.54) is 32.1 Å². The van der Waals surface area contributed by atoms with Crippen LogP contribution < -0.4 is 0 Å². The fourth-order valence-corrected chi connectivity index (χ4v) is 3.31. The van der Waals surface area contributed by atoms with E-state index in [0.717, 1.165) is 5.92 Å². The van der Waals surface area contributed by atoms with Gasteiger partial charge in [-0.1, -0.05) is 45.8 Å². The molecule has 0 spiro atoms.